The van der Waals surface area contributed by atoms with Crippen molar-refractivity contribution in [2.75, 3.05) is 26.2 Å². The van der Waals surface area contributed by atoms with Crippen molar-refractivity contribution in [1.29, 1.82) is 0 Å². The Morgan fingerprint density at radius 1 is 1.03 bits per heavy atom. The summed E-state index contributed by atoms with van der Waals surface area (Å²) in [5.41, 5.74) is 4.86. The average Bonchev–Trinajstić information content (AvgIpc) is 3.27. The van der Waals surface area contributed by atoms with Crippen LogP contribution in [0.15, 0.2) is 29.2 Å². The standard InChI is InChI=1S/C19H26N4O5S/c1-14(24)22-9-5-7-16(13-22)19(26)21-20-18(25)15-6-4-8-17(12-15)29(27,28)23-10-2-3-11-23/h4,6,8,12,16H,2-3,5,7,9-11,13H2,1H3,(H,20,25)(H,21,26)/t16-/m0/s1. The molecule has 29 heavy (non-hydrogen) atoms. The van der Waals surface area contributed by atoms with Crippen molar-refractivity contribution in [3.05, 3.63) is 29.8 Å². The maximum atomic E-state index is 12.7. The lowest BCUT2D eigenvalue weighted by atomic mass is 9.97. The van der Waals surface area contributed by atoms with Gasteiger partial charge in [-0.05, 0) is 43.9 Å². The summed E-state index contributed by atoms with van der Waals surface area (Å²) in [6.45, 7) is 3.37. The highest BCUT2D eigenvalue weighted by atomic mass is 32.2. The topological polar surface area (TPSA) is 116 Å². The van der Waals surface area contributed by atoms with Crippen LogP contribution in [0, 0.1) is 5.92 Å². The van der Waals surface area contributed by atoms with Gasteiger partial charge in [0, 0.05) is 38.7 Å². The first-order chi connectivity index (χ1) is 13.8. The number of piperidine rings is 1. The Labute approximate surface area is 170 Å². The number of hydrogen-bond acceptors (Lipinski definition) is 5. The van der Waals surface area contributed by atoms with Crippen molar-refractivity contribution in [2.24, 2.45) is 5.92 Å². The number of nitrogens with zero attached hydrogens (tertiary/aromatic N) is 2. The summed E-state index contributed by atoms with van der Waals surface area (Å²) in [5.74, 6) is -1.45. The van der Waals surface area contributed by atoms with Gasteiger partial charge in [0.05, 0.1) is 10.8 Å². The van der Waals surface area contributed by atoms with Crippen LogP contribution >= 0.6 is 0 Å². The lowest BCUT2D eigenvalue weighted by molar-refractivity contribution is -0.134. The number of carbonyl (C=O) groups excluding carboxylic acids is 3. The summed E-state index contributed by atoms with van der Waals surface area (Å²) in [4.78, 5) is 37.9. The third-order valence-electron chi connectivity index (χ3n) is 5.34. The summed E-state index contributed by atoms with van der Waals surface area (Å²) in [7, 11) is -3.63. The van der Waals surface area contributed by atoms with Crippen molar-refractivity contribution in [2.45, 2.75) is 37.5 Å². The third kappa shape index (κ3) is 4.94. The van der Waals surface area contributed by atoms with Gasteiger partial charge in [-0.3, -0.25) is 25.2 Å². The van der Waals surface area contributed by atoms with E-state index in [0.717, 1.165) is 19.3 Å². The van der Waals surface area contributed by atoms with Crippen LogP contribution in [-0.2, 0) is 19.6 Å². The summed E-state index contributed by atoms with van der Waals surface area (Å²) < 4.78 is 26.7. The van der Waals surface area contributed by atoms with Crippen LogP contribution in [0.5, 0.6) is 0 Å². The molecule has 2 N–H and O–H groups in total. The van der Waals surface area contributed by atoms with Gasteiger partial charge in [-0.15, -0.1) is 0 Å². The number of nitrogens with one attached hydrogen (secondary N) is 2. The van der Waals surface area contributed by atoms with Gasteiger partial charge in [0.15, 0.2) is 0 Å². The largest absolute Gasteiger partial charge is 0.342 e. The Morgan fingerprint density at radius 3 is 2.45 bits per heavy atom. The van der Waals surface area contributed by atoms with E-state index >= 15 is 0 Å². The van der Waals surface area contributed by atoms with E-state index < -0.39 is 21.8 Å². The molecule has 0 radical (unpaired) electrons. The first kappa shape index (κ1) is 21.3. The first-order valence-corrected chi connectivity index (χ1v) is 11.2. The van der Waals surface area contributed by atoms with Gasteiger partial charge in [-0.2, -0.15) is 4.31 Å². The fraction of sp³-hybridized carbons (Fsp3) is 0.526. The van der Waals surface area contributed by atoms with Crippen LogP contribution in [0.4, 0.5) is 0 Å². The zero-order chi connectivity index (χ0) is 21.0. The molecule has 0 unspecified atom stereocenters. The maximum Gasteiger partial charge on any atom is 0.269 e. The molecule has 0 saturated carbocycles. The molecule has 3 rings (SSSR count). The summed E-state index contributed by atoms with van der Waals surface area (Å²) >= 11 is 0. The van der Waals surface area contributed by atoms with E-state index in [1.807, 2.05) is 0 Å². The SMILES string of the molecule is CC(=O)N1CCC[C@H](C(=O)NNC(=O)c2cccc(S(=O)(=O)N3CCCC3)c2)C1. The Hall–Kier alpha value is -2.46. The van der Waals surface area contributed by atoms with Gasteiger partial charge in [0.1, 0.15) is 0 Å². The van der Waals surface area contributed by atoms with E-state index in [2.05, 4.69) is 10.9 Å². The van der Waals surface area contributed by atoms with Gasteiger partial charge in [0.2, 0.25) is 21.8 Å². The van der Waals surface area contributed by atoms with Crippen molar-refractivity contribution in [3.8, 4) is 0 Å². The van der Waals surface area contributed by atoms with E-state index in [4.69, 9.17) is 0 Å². The molecule has 0 bridgehead atoms. The highest BCUT2D eigenvalue weighted by Gasteiger charge is 2.29. The summed E-state index contributed by atoms with van der Waals surface area (Å²) in [6.07, 6.45) is 3.01. The third-order valence-corrected chi connectivity index (χ3v) is 7.23. The second-order valence-electron chi connectivity index (χ2n) is 7.39. The smallest absolute Gasteiger partial charge is 0.269 e. The average molecular weight is 423 g/mol. The first-order valence-electron chi connectivity index (χ1n) is 9.75. The Balaban J connectivity index is 1.61. The molecule has 10 heteroatoms. The highest BCUT2D eigenvalue weighted by Crippen LogP contribution is 2.21. The number of amides is 3. The number of rotatable bonds is 4. The minimum absolute atomic E-state index is 0.0581. The molecule has 1 aromatic rings. The lowest BCUT2D eigenvalue weighted by Crippen LogP contribution is -2.49. The quantitative estimate of drug-likeness (QED) is 0.685. The number of hydrazine groups is 1. The van der Waals surface area contributed by atoms with Crippen molar-refractivity contribution in [1.82, 2.24) is 20.1 Å². The number of likely N-dealkylation sites (tertiary alicyclic amines) is 1. The predicted molar refractivity (Wildman–Crippen MR) is 105 cm³/mol. The molecule has 0 aromatic heterocycles. The molecule has 2 aliphatic rings. The molecule has 0 spiro atoms. The molecule has 2 saturated heterocycles. The summed E-state index contributed by atoms with van der Waals surface area (Å²) in [5, 5.41) is 0. The van der Waals surface area contributed by atoms with E-state index in [9.17, 15) is 22.8 Å². The molecule has 158 valence electrons. The van der Waals surface area contributed by atoms with Crippen LogP contribution in [0.3, 0.4) is 0 Å². The van der Waals surface area contributed by atoms with Gasteiger partial charge >= 0.3 is 0 Å². The molecular weight excluding hydrogens is 396 g/mol. The number of sulfonamides is 1. The number of benzene rings is 1. The minimum atomic E-state index is -3.63. The van der Waals surface area contributed by atoms with Gasteiger partial charge < -0.3 is 4.90 Å². The van der Waals surface area contributed by atoms with Crippen molar-refractivity contribution >= 4 is 27.7 Å². The minimum Gasteiger partial charge on any atom is -0.342 e. The zero-order valence-corrected chi connectivity index (χ0v) is 17.2. The Kier molecular flexibility index (Phi) is 6.53. The highest BCUT2D eigenvalue weighted by molar-refractivity contribution is 7.89. The molecule has 3 amide bonds. The molecule has 2 fully saturated rings. The van der Waals surface area contributed by atoms with Gasteiger partial charge in [-0.1, -0.05) is 6.07 Å². The van der Waals surface area contributed by atoms with Gasteiger partial charge in [0.25, 0.3) is 5.91 Å². The predicted octanol–water partition coefficient (Wildman–Crippen LogP) is 0.491. The van der Waals surface area contributed by atoms with Crippen LogP contribution < -0.4 is 10.9 Å². The number of hydrogen-bond donors (Lipinski definition) is 2. The molecule has 1 aromatic carbocycles. The molecule has 0 aliphatic carbocycles. The molecule has 9 nitrogen and oxygen atoms in total. The van der Waals surface area contributed by atoms with E-state index in [1.54, 1.807) is 4.90 Å². The lowest BCUT2D eigenvalue weighted by Gasteiger charge is -2.31. The molecule has 2 aliphatic heterocycles. The van der Waals surface area contributed by atoms with Crippen LogP contribution in [0.1, 0.15) is 43.0 Å². The fourth-order valence-electron chi connectivity index (χ4n) is 3.65. The van der Waals surface area contributed by atoms with Crippen LogP contribution in [-0.4, -0.2) is 61.5 Å². The van der Waals surface area contributed by atoms with Crippen LogP contribution in [0.2, 0.25) is 0 Å². The van der Waals surface area contributed by atoms with Crippen LogP contribution in [0.25, 0.3) is 0 Å². The normalized spacial score (nSPS) is 20.3. The number of carbonyl (C=O) groups is 3. The van der Waals surface area contributed by atoms with E-state index in [1.165, 1.54) is 35.5 Å². The second-order valence-corrected chi connectivity index (χ2v) is 9.32. The van der Waals surface area contributed by atoms with Crippen molar-refractivity contribution in [3.63, 3.8) is 0 Å². The monoisotopic (exact) mass is 422 g/mol. The Bertz CT molecular complexity index is 896. The van der Waals surface area contributed by atoms with E-state index in [-0.39, 0.29) is 22.3 Å². The van der Waals surface area contributed by atoms with E-state index in [0.29, 0.717) is 32.6 Å². The molecule has 2 heterocycles. The zero-order valence-electron chi connectivity index (χ0n) is 16.4. The molecule has 1 atom stereocenters. The van der Waals surface area contributed by atoms with Gasteiger partial charge in [-0.25, -0.2) is 8.42 Å². The van der Waals surface area contributed by atoms with Crippen molar-refractivity contribution < 1.29 is 22.8 Å². The Morgan fingerprint density at radius 2 is 1.76 bits per heavy atom. The fourth-order valence-corrected chi connectivity index (χ4v) is 5.21. The maximum absolute atomic E-state index is 12.7. The second kappa shape index (κ2) is 8.91. The summed E-state index contributed by atoms with van der Waals surface area (Å²) in [6, 6.07) is 5.77. The molecular formula is C19H26N4O5S.